The lowest BCUT2D eigenvalue weighted by Gasteiger charge is -2.22. The fraction of sp³-hybridized carbons (Fsp3) is 0.188. The molecule has 5 nitrogen and oxygen atoms in total. The molecule has 23 heavy (non-hydrogen) atoms. The monoisotopic (exact) mass is 353 g/mol. The largest absolute Gasteiger partial charge is 0.379 e. The van der Waals surface area contributed by atoms with E-state index in [2.05, 4.69) is 5.32 Å². The fourth-order valence-corrected chi connectivity index (χ4v) is 3.68. The lowest BCUT2D eigenvalue weighted by Crippen LogP contribution is -2.45. The van der Waals surface area contributed by atoms with Crippen LogP contribution in [-0.4, -0.2) is 30.8 Å². The molecular weight excluding hydrogens is 338 g/mol. The summed E-state index contributed by atoms with van der Waals surface area (Å²) in [5.41, 5.74) is -1.66. The van der Waals surface area contributed by atoms with Gasteiger partial charge in [0.2, 0.25) is 0 Å². The summed E-state index contributed by atoms with van der Waals surface area (Å²) in [5.74, 6) is -1.52. The molecule has 122 valence electrons. The smallest absolute Gasteiger partial charge is 0.257 e. The highest BCUT2D eigenvalue weighted by Crippen LogP contribution is 2.19. The Labute approximate surface area is 139 Å². The van der Waals surface area contributed by atoms with Crippen molar-refractivity contribution in [3.8, 4) is 0 Å². The van der Waals surface area contributed by atoms with E-state index in [1.54, 1.807) is 42.5 Å². The van der Waals surface area contributed by atoms with Crippen LogP contribution in [0.25, 0.3) is 0 Å². The van der Waals surface area contributed by atoms with Crippen molar-refractivity contribution in [2.24, 2.45) is 0 Å². The Morgan fingerprint density at radius 2 is 1.70 bits per heavy atom. The molecule has 2 aromatic carbocycles. The molecular formula is C16H16ClNO4S. The average molecular weight is 354 g/mol. The van der Waals surface area contributed by atoms with Crippen molar-refractivity contribution >= 4 is 33.0 Å². The number of carbonyl (C=O) groups excluding carboxylic acids is 1. The number of rotatable bonds is 5. The Bertz CT molecular complexity index is 787. The summed E-state index contributed by atoms with van der Waals surface area (Å²) in [5, 5.41) is 13.3. The average Bonchev–Trinajstić information content (AvgIpc) is 2.49. The summed E-state index contributed by atoms with van der Waals surface area (Å²) in [6.45, 7) is 1.17. The van der Waals surface area contributed by atoms with Gasteiger partial charge >= 0.3 is 0 Å². The van der Waals surface area contributed by atoms with E-state index in [4.69, 9.17) is 11.6 Å². The predicted molar refractivity (Wildman–Crippen MR) is 89.2 cm³/mol. The summed E-state index contributed by atoms with van der Waals surface area (Å²) >= 11 is 5.75. The third-order valence-electron chi connectivity index (χ3n) is 3.16. The van der Waals surface area contributed by atoms with E-state index in [1.807, 2.05) is 0 Å². The van der Waals surface area contributed by atoms with Crippen LogP contribution in [0.4, 0.5) is 5.69 Å². The lowest BCUT2D eigenvalue weighted by molar-refractivity contribution is -0.130. The number of hydrogen-bond donors (Lipinski definition) is 2. The standard InChI is InChI=1S/C16H16ClNO4S/c1-16(20,11-23(21,22)14-5-3-2-4-6-14)15(19)18-13-9-7-12(17)8-10-13/h2-10,20H,11H2,1H3,(H,18,19). The Balaban J connectivity index is 2.14. The number of nitrogens with one attached hydrogen (secondary N) is 1. The number of aliphatic hydroxyl groups is 1. The van der Waals surface area contributed by atoms with Crippen molar-refractivity contribution in [1.82, 2.24) is 0 Å². The van der Waals surface area contributed by atoms with Crippen molar-refractivity contribution in [3.05, 3.63) is 59.6 Å². The highest BCUT2D eigenvalue weighted by molar-refractivity contribution is 7.91. The molecule has 1 atom stereocenters. The molecule has 0 radical (unpaired) electrons. The summed E-state index contributed by atoms with van der Waals surface area (Å²) in [6, 6.07) is 13.9. The van der Waals surface area contributed by atoms with Crippen LogP contribution in [0.2, 0.25) is 5.02 Å². The third kappa shape index (κ3) is 4.54. The molecule has 2 aromatic rings. The van der Waals surface area contributed by atoms with E-state index in [0.29, 0.717) is 10.7 Å². The van der Waals surface area contributed by atoms with Crippen molar-refractivity contribution < 1.29 is 18.3 Å². The molecule has 0 saturated carbocycles. The molecule has 7 heteroatoms. The van der Waals surface area contributed by atoms with E-state index in [9.17, 15) is 18.3 Å². The van der Waals surface area contributed by atoms with Gasteiger partial charge < -0.3 is 10.4 Å². The molecule has 0 aromatic heterocycles. The Hall–Kier alpha value is -1.89. The molecule has 0 fully saturated rings. The number of carbonyl (C=O) groups is 1. The SMILES string of the molecule is CC(O)(CS(=O)(=O)c1ccccc1)C(=O)Nc1ccc(Cl)cc1. The minimum Gasteiger partial charge on any atom is -0.379 e. The van der Waals surface area contributed by atoms with Crippen molar-refractivity contribution in [2.75, 3.05) is 11.1 Å². The van der Waals surface area contributed by atoms with Gasteiger partial charge in [0.15, 0.2) is 15.4 Å². The third-order valence-corrected chi connectivity index (χ3v) is 5.35. The van der Waals surface area contributed by atoms with E-state index in [0.717, 1.165) is 0 Å². The summed E-state index contributed by atoms with van der Waals surface area (Å²) in [6.07, 6.45) is 0. The first-order valence-electron chi connectivity index (χ1n) is 6.78. The number of halogens is 1. The van der Waals surface area contributed by atoms with Gasteiger partial charge in [-0.1, -0.05) is 29.8 Å². The number of benzene rings is 2. The van der Waals surface area contributed by atoms with E-state index in [1.165, 1.54) is 19.1 Å². The van der Waals surface area contributed by atoms with Crippen molar-refractivity contribution in [2.45, 2.75) is 17.4 Å². The molecule has 0 spiro atoms. The van der Waals surface area contributed by atoms with Gasteiger partial charge in [-0.25, -0.2) is 8.42 Å². The number of sulfone groups is 1. The molecule has 2 rings (SSSR count). The quantitative estimate of drug-likeness (QED) is 0.865. The minimum atomic E-state index is -3.79. The summed E-state index contributed by atoms with van der Waals surface area (Å²) < 4.78 is 24.6. The molecule has 0 aliphatic rings. The molecule has 2 N–H and O–H groups in total. The van der Waals surface area contributed by atoms with Gasteiger partial charge in [0, 0.05) is 10.7 Å². The Morgan fingerprint density at radius 1 is 1.13 bits per heavy atom. The maximum Gasteiger partial charge on any atom is 0.257 e. The predicted octanol–water partition coefficient (Wildman–Crippen LogP) is 2.50. The number of amides is 1. The van der Waals surface area contributed by atoms with Crippen molar-refractivity contribution in [1.29, 1.82) is 0 Å². The minimum absolute atomic E-state index is 0.0552. The molecule has 1 unspecified atom stereocenters. The lowest BCUT2D eigenvalue weighted by atomic mass is 10.1. The van der Waals surface area contributed by atoms with Crippen LogP contribution in [-0.2, 0) is 14.6 Å². The number of anilines is 1. The Morgan fingerprint density at radius 3 is 2.26 bits per heavy atom. The second-order valence-corrected chi connectivity index (χ2v) is 7.73. The molecule has 0 bridgehead atoms. The van der Waals surface area contributed by atoms with Gasteiger partial charge in [-0.15, -0.1) is 0 Å². The highest BCUT2D eigenvalue weighted by Gasteiger charge is 2.36. The van der Waals surface area contributed by atoms with E-state index < -0.39 is 27.1 Å². The molecule has 0 aliphatic carbocycles. The second kappa shape index (κ2) is 6.70. The van der Waals surface area contributed by atoms with Crippen LogP contribution in [0, 0.1) is 0 Å². The van der Waals surface area contributed by atoms with Crippen LogP contribution < -0.4 is 5.32 Å². The zero-order valence-electron chi connectivity index (χ0n) is 12.4. The molecule has 0 heterocycles. The van der Waals surface area contributed by atoms with Gasteiger partial charge in [0.05, 0.1) is 10.6 Å². The zero-order chi connectivity index (χ0) is 17.1. The molecule has 0 saturated heterocycles. The van der Waals surface area contributed by atoms with Gasteiger partial charge in [-0.05, 0) is 43.3 Å². The maximum atomic E-state index is 12.3. The van der Waals surface area contributed by atoms with Gasteiger partial charge in [0.1, 0.15) is 0 Å². The van der Waals surface area contributed by atoms with E-state index in [-0.39, 0.29) is 4.90 Å². The first kappa shape index (κ1) is 17.5. The van der Waals surface area contributed by atoms with Crippen LogP contribution >= 0.6 is 11.6 Å². The summed E-state index contributed by atoms with van der Waals surface area (Å²) in [7, 11) is -3.79. The first-order valence-corrected chi connectivity index (χ1v) is 8.81. The molecule has 1 amide bonds. The topological polar surface area (TPSA) is 83.5 Å². The van der Waals surface area contributed by atoms with Gasteiger partial charge in [-0.3, -0.25) is 4.79 Å². The van der Waals surface area contributed by atoms with Gasteiger partial charge in [-0.2, -0.15) is 0 Å². The van der Waals surface area contributed by atoms with Crippen molar-refractivity contribution in [3.63, 3.8) is 0 Å². The van der Waals surface area contributed by atoms with Gasteiger partial charge in [0.25, 0.3) is 5.91 Å². The van der Waals surface area contributed by atoms with Crippen LogP contribution in [0.5, 0.6) is 0 Å². The summed E-state index contributed by atoms with van der Waals surface area (Å²) in [4.78, 5) is 12.2. The van der Waals surface area contributed by atoms with Crippen LogP contribution in [0.15, 0.2) is 59.5 Å². The second-order valence-electron chi connectivity index (χ2n) is 5.31. The number of hydrogen-bond acceptors (Lipinski definition) is 4. The fourth-order valence-electron chi connectivity index (χ4n) is 1.95. The van der Waals surface area contributed by atoms with E-state index >= 15 is 0 Å². The maximum absolute atomic E-state index is 12.3. The Kier molecular flexibility index (Phi) is 5.09. The van der Waals surface area contributed by atoms with Crippen LogP contribution in [0.1, 0.15) is 6.92 Å². The molecule has 0 aliphatic heterocycles. The zero-order valence-corrected chi connectivity index (χ0v) is 13.9. The normalized spacial score (nSPS) is 14.0. The first-order chi connectivity index (χ1) is 10.7. The van der Waals surface area contributed by atoms with Crippen LogP contribution in [0.3, 0.4) is 0 Å². The highest BCUT2D eigenvalue weighted by atomic mass is 35.5.